The van der Waals surface area contributed by atoms with E-state index in [1.165, 1.54) is 117 Å². The molecule has 1 nitrogen and oxygen atoms in total. The molecule has 0 N–H and O–H groups in total. The van der Waals surface area contributed by atoms with Gasteiger partial charge in [0.15, 0.2) is 0 Å². The van der Waals surface area contributed by atoms with E-state index >= 15 is 0 Å². The molecule has 0 saturated carbocycles. The highest BCUT2D eigenvalue weighted by Crippen LogP contribution is 2.68. The number of benzene rings is 11. The SMILES string of the molecule is c1ccc(-c2c3c(c4ccccc4c2N(c2ccccc2)c2ccc4c(c2)C2(c5ccccc5-c5ccccc52)c2ccccc2-4)C2(c4ccccc4-c4ccccc42)c2ccccc2-3)cc1. The van der Waals surface area contributed by atoms with Gasteiger partial charge < -0.3 is 4.90 Å². The Balaban J connectivity index is 1.10. The lowest BCUT2D eigenvalue weighted by atomic mass is 9.69. The van der Waals surface area contributed by atoms with Gasteiger partial charge in [0.05, 0.1) is 16.5 Å². The highest BCUT2D eigenvalue weighted by molar-refractivity contribution is 6.18. The zero-order valence-corrected chi connectivity index (χ0v) is 36.6. The van der Waals surface area contributed by atoms with Gasteiger partial charge in [-0.15, -0.1) is 0 Å². The predicted molar refractivity (Wildman–Crippen MR) is 277 cm³/mol. The van der Waals surface area contributed by atoms with Crippen LogP contribution < -0.4 is 4.90 Å². The predicted octanol–water partition coefficient (Wildman–Crippen LogP) is 16.7. The number of hydrogen-bond acceptors (Lipinski definition) is 1. The molecule has 0 heterocycles. The van der Waals surface area contributed by atoms with Crippen LogP contribution in [0.1, 0.15) is 44.5 Å². The smallest absolute Gasteiger partial charge is 0.0731 e. The first kappa shape index (κ1) is 36.8. The number of nitrogens with zero attached hydrogens (tertiary/aromatic N) is 1. The van der Waals surface area contributed by atoms with Crippen molar-refractivity contribution in [2.45, 2.75) is 10.8 Å². The highest BCUT2D eigenvalue weighted by Gasteiger charge is 2.55. The van der Waals surface area contributed by atoms with Gasteiger partial charge in [0.1, 0.15) is 0 Å². The normalized spacial score (nSPS) is 14.2. The lowest BCUT2D eigenvalue weighted by molar-refractivity contribution is 0.793. The highest BCUT2D eigenvalue weighted by atomic mass is 15.1. The maximum Gasteiger partial charge on any atom is 0.0731 e. The molecule has 4 aliphatic carbocycles. The first-order chi connectivity index (χ1) is 33.3. The van der Waals surface area contributed by atoms with Crippen LogP contribution in [-0.2, 0) is 10.8 Å². The molecular weight excluding hydrogens is 807 g/mol. The summed E-state index contributed by atoms with van der Waals surface area (Å²) in [6.07, 6.45) is 0. The number of rotatable bonds is 4. The van der Waals surface area contributed by atoms with Gasteiger partial charge in [-0.1, -0.05) is 224 Å². The first-order valence-electron chi connectivity index (χ1n) is 23.5. The fraction of sp³-hybridized carbons (Fsp3) is 0.0303. The van der Waals surface area contributed by atoms with Crippen LogP contribution in [0.5, 0.6) is 0 Å². The van der Waals surface area contributed by atoms with Crippen LogP contribution in [-0.4, -0.2) is 0 Å². The van der Waals surface area contributed by atoms with Gasteiger partial charge in [0.2, 0.25) is 0 Å². The van der Waals surface area contributed by atoms with E-state index in [4.69, 9.17) is 0 Å². The van der Waals surface area contributed by atoms with E-state index in [1.54, 1.807) is 0 Å². The third-order valence-electron chi connectivity index (χ3n) is 15.7. The standard InChI is InChI=1S/C66H41N/c1-3-21-42(22-4-1)61-62-53-32-14-20-38-59(53)66(57-36-18-12-27-47(57)48-28-13-19-37-58(48)66)63(62)51-30-7-8-31-52(51)64(61)67(43-23-5-2-6-24-43)44-39-40-50-49-29-11-17-35-56(49)65(60(50)41-44)54-33-15-9-25-45(54)46-26-10-16-34-55(46)65/h1-41H. The Morgan fingerprint density at radius 2 is 0.642 bits per heavy atom. The summed E-state index contributed by atoms with van der Waals surface area (Å²) in [5.41, 5.74) is 26.0. The lowest BCUT2D eigenvalue weighted by Crippen LogP contribution is -2.26. The van der Waals surface area contributed by atoms with Crippen LogP contribution >= 0.6 is 0 Å². The van der Waals surface area contributed by atoms with E-state index in [9.17, 15) is 0 Å². The molecule has 0 unspecified atom stereocenters. The number of fused-ring (bicyclic) bond motifs is 22. The molecule has 0 aromatic heterocycles. The molecule has 0 amide bonds. The van der Waals surface area contributed by atoms with Crippen molar-refractivity contribution in [1.29, 1.82) is 0 Å². The lowest BCUT2D eigenvalue weighted by Gasteiger charge is -2.35. The Bertz CT molecular complexity index is 3770. The van der Waals surface area contributed by atoms with Crippen molar-refractivity contribution in [2.75, 3.05) is 4.90 Å². The average molecular weight is 848 g/mol. The summed E-state index contributed by atoms with van der Waals surface area (Å²) in [4.78, 5) is 2.58. The molecule has 0 fully saturated rings. The molecule has 15 rings (SSSR count). The van der Waals surface area contributed by atoms with E-state index < -0.39 is 10.8 Å². The zero-order valence-electron chi connectivity index (χ0n) is 36.6. The van der Waals surface area contributed by atoms with Crippen LogP contribution in [0.2, 0.25) is 0 Å². The molecule has 4 aliphatic rings. The summed E-state index contributed by atoms with van der Waals surface area (Å²) in [5.74, 6) is 0. The largest absolute Gasteiger partial charge is 0.309 e. The molecule has 11 aromatic carbocycles. The summed E-state index contributed by atoms with van der Waals surface area (Å²) in [7, 11) is 0. The summed E-state index contributed by atoms with van der Waals surface area (Å²) in [5, 5.41) is 2.48. The molecule has 11 aromatic rings. The molecule has 0 bridgehead atoms. The summed E-state index contributed by atoms with van der Waals surface area (Å²) < 4.78 is 0. The number of hydrogen-bond donors (Lipinski definition) is 0. The quantitative estimate of drug-likeness (QED) is 0.171. The summed E-state index contributed by atoms with van der Waals surface area (Å²) in [6, 6.07) is 93.8. The number of anilines is 3. The van der Waals surface area contributed by atoms with Gasteiger partial charge in [-0.2, -0.15) is 0 Å². The molecule has 0 aliphatic heterocycles. The Hall–Kier alpha value is -8.52. The van der Waals surface area contributed by atoms with Crippen LogP contribution in [0, 0.1) is 0 Å². The van der Waals surface area contributed by atoms with Crippen LogP contribution in [0.4, 0.5) is 17.1 Å². The Morgan fingerprint density at radius 3 is 1.16 bits per heavy atom. The average Bonchev–Trinajstić information content (AvgIpc) is 4.08. The van der Waals surface area contributed by atoms with E-state index in [-0.39, 0.29) is 0 Å². The number of para-hydroxylation sites is 1. The van der Waals surface area contributed by atoms with Crippen LogP contribution in [0.3, 0.4) is 0 Å². The van der Waals surface area contributed by atoms with E-state index in [0.29, 0.717) is 0 Å². The molecule has 2 spiro atoms. The van der Waals surface area contributed by atoms with E-state index in [0.717, 1.165) is 11.4 Å². The fourth-order valence-electron chi connectivity index (χ4n) is 13.4. The first-order valence-corrected chi connectivity index (χ1v) is 23.5. The van der Waals surface area contributed by atoms with Crippen LogP contribution in [0.25, 0.3) is 66.4 Å². The minimum atomic E-state index is -0.520. The molecule has 1 heteroatoms. The Labute approximate surface area is 390 Å². The van der Waals surface area contributed by atoms with E-state index in [2.05, 4.69) is 254 Å². The van der Waals surface area contributed by atoms with Gasteiger partial charge in [-0.05, 0) is 124 Å². The maximum absolute atomic E-state index is 2.58. The third kappa shape index (κ3) is 4.54. The minimum Gasteiger partial charge on any atom is -0.309 e. The fourth-order valence-corrected chi connectivity index (χ4v) is 13.4. The van der Waals surface area contributed by atoms with Crippen molar-refractivity contribution < 1.29 is 0 Å². The van der Waals surface area contributed by atoms with Crippen molar-refractivity contribution in [3.05, 3.63) is 293 Å². The van der Waals surface area contributed by atoms with Gasteiger partial charge in [-0.25, -0.2) is 0 Å². The van der Waals surface area contributed by atoms with Crippen molar-refractivity contribution in [3.8, 4) is 55.6 Å². The van der Waals surface area contributed by atoms with Gasteiger partial charge in [0.25, 0.3) is 0 Å². The molecule has 310 valence electrons. The minimum absolute atomic E-state index is 0.478. The molecule has 67 heavy (non-hydrogen) atoms. The topological polar surface area (TPSA) is 3.24 Å². The van der Waals surface area contributed by atoms with Gasteiger partial charge in [-0.3, -0.25) is 0 Å². The van der Waals surface area contributed by atoms with Crippen molar-refractivity contribution >= 4 is 27.8 Å². The Kier molecular flexibility index (Phi) is 7.42. The second-order valence-corrected chi connectivity index (χ2v) is 18.6. The summed E-state index contributed by atoms with van der Waals surface area (Å²) >= 11 is 0. The van der Waals surface area contributed by atoms with Crippen molar-refractivity contribution in [1.82, 2.24) is 0 Å². The van der Waals surface area contributed by atoms with E-state index in [1.807, 2.05) is 0 Å². The Morgan fingerprint density at radius 1 is 0.254 bits per heavy atom. The monoisotopic (exact) mass is 847 g/mol. The summed E-state index contributed by atoms with van der Waals surface area (Å²) in [6.45, 7) is 0. The molecule has 0 radical (unpaired) electrons. The van der Waals surface area contributed by atoms with Crippen LogP contribution in [0.15, 0.2) is 249 Å². The second-order valence-electron chi connectivity index (χ2n) is 18.6. The van der Waals surface area contributed by atoms with Gasteiger partial charge >= 0.3 is 0 Å². The molecular formula is C66H41N. The third-order valence-corrected chi connectivity index (χ3v) is 15.7. The van der Waals surface area contributed by atoms with Crippen molar-refractivity contribution in [2.24, 2.45) is 0 Å². The second kappa shape index (κ2) is 13.5. The zero-order chi connectivity index (χ0) is 43.8. The molecule has 0 saturated heterocycles. The molecule has 0 atom stereocenters. The maximum atomic E-state index is 2.58. The van der Waals surface area contributed by atoms with Crippen molar-refractivity contribution in [3.63, 3.8) is 0 Å². The van der Waals surface area contributed by atoms with Gasteiger partial charge in [0, 0.05) is 22.3 Å².